The first-order chi connectivity index (χ1) is 16.8. The van der Waals surface area contributed by atoms with Gasteiger partial charge >= 0.3 is 12.1 Å². The Bertz CT molecular complexity index is 1050. The van der Waals surface area contributed by atoms with Crippen LogP contribution in [0.25, 0.3) is 11.1 Å². The molecule has 2 aliphatic carbocycles. The normalized spacial score (nSPS) is 20.4. The molecule has 0 bridgehead atoms. The summed E-state index contributed by atoms with van der Waals surface area (Å²) in [5.41, 5.74) is 3.41. The summed E-state index contributed by atoms with van der Waals surface area (Å²) in [5.74, 6) is -1.30. The number of fused-ring (bicyclic) bond motifs is 3. The number of carbonyl (C=O) groups excluding carboxylic acids is 2. The van der Waals surface area contributed by atoms with Gasteiger partial charge in [0, 0.05) is 12.0 Å². The largest absolute Gasteiger partial charge is 0.481 e. The van der Waals surface area contributed by atoms with Crippen LogP contribution in [0.4, 0.5) is 4.79 Å². The number of amides is 2. The Balaban J connectivity index is 1.41. The van der Waals surface area contributed by atoms with E-state index in [-0.39, 0.29) is 36.8 Å². The van der Waals surface area contributed by atoms with Gasteiger partial charge < -0.3 is 20.5 Å². The molecular weight excluding hydrogens is 444 g/mol. The van der Waals surface area contributed by atoms with Crippen LogP contribution in [0.3, 0.4) is 0 Å². The van der Waals surface area contributed by atoms with Gasteiger partial charge in [-0.05, 0) is 54.4 Å². The van der Waals surface area contributed by atoms with Gasteiger partial charge in [0.1, 0.15) is 12.1 Å². The van der Waals surface area contributed by atoms with Crippen molar-refractivity contribution >= 4 is 18.0 Å². The molecule has 2 amide bonds. The highest BCUT2D eigenvalue weighted by Gasteiger charge is 2.39. The van der Waals surface area contributed by atoms with Crippen molar-refractivity contribution in [2.45, 2.75) is 69.9 Å². The van der Waals surface area contributed by atoms with Crippen molar-refractivity contribution in [1.82, 2.24) is 10.6 Å². The Labute approximate surface area is 206 Å². The minimum Gasteiger partial charge on any atom is -0.481 e. The highest BCUT2D eigenvalue weighted by Crippen LogP contribution is 2.44. The molecule has 7 nitrogen and oxygen atoms in total. The van der Waals surface area contributed by atoms with E-state index in [2.05, 4.69) is 34.9 Å². The summed E-state index contributed by atoms with van der Waals surface area (Å²) in [6, 6.07) is 16.1. The molecule has 1 fully saturated rings. The van der Waals surface area contributed by atoms with E-state index < -0.39 is 17.6 Å². The van der Waals surface area contributed by atoms with Crippen molar-refractivity contribution in [1.29, 1.82) is 0 Å². The molecule has 1 saturated carbocycles. The van der Waals surface area contributed by atoms with Crippen molar-refractivity contribution < 1.29 is 24.2 Å². The molecule has 2 aromatic carbocycles. The number of alkyl carbamates (subject to hydrolysis) is 1. The zero-order valence-corrected chi connectivity index (χ0v) is 20.4. The molecule has 7 heteroatoms. The summed E-state index contributed by atoms with van der Waals surface area (Å²) >= 11 is 0. The number of ether oxygens (including phenoxy) is 1. The van der Waals surface area contributed by atoms with Crippen LogP contribution in [0.1, 0.15) is 69.4 Å². The molecule has 0 radical (unpaired) electrons. The molecular formula is C28H34N2O5. The van der Waals surface area contributed by atoms with Crippen molar-refractivity contribution in [3.63, 3.8) is 0 Å². The van der Waals surface area contributed by atoms with Gasteiger partial charge in [0.05, 0.1) is 6.42 Å². The number of nitrogens with one attached hydrogen (secondary N) is 2. The predicted octanol–water partition coefficient (Wildman–Crippen LogP) is 4.84. The topological polar surface area (TPSA) is 105 Å². The Morgan fingerprint density at radius 1 is 1.03 bits per heavy atom. The number of aliphatic carboxylic acids is 1. The molecule has 3 N–H and O–H groups in total. The van der Waals surface area contributed by atoms with Gasteiger partial charge in [-0.25, -0.2) is 4.79 Å². The SMILES string of the molecule is CCCC(C)(NC(=O)OCC1c2ccccc2-c2ccccc21)C(=O)N[C@@H]1CCC[C@H]1CC(=O)O. The average Bonchev–Trinajstić information content (AvgIpc) is 3.39. The van der Waals surface area contributed by atoms with Crippen LogP contribution in [0.15, 0.2) is 48.5 Å². The van der Waals surface area contributed by atoms with E-state index in [9.17, 15) is 19.5 Å². The Morgan fingerprint density at radius 2 is 1.66 bits per heavy atom. The zero-order chi connectivity index (χ0) is 25.0. The Kier molecular flexibility index (Phi) is 7.43. The number of carbonyl (C=O) groups is 3. The second-order valence-corrected chi connectivity index (χ2v) is 9.90. The standard InChI is InChI=1S/C28H34N2O5/c1-3-15-28(2,26(33)29-24-14-8-9-18(24)16-25(31)32)30-27(34)35-17-23-21-12-6-4-10-19(21)20-11-5-7-13-22(20)23/h4-7,10-13,18,23-24H,3,8-9,14-17H2,1-2H3,(H,29,33)(H,30,34)(H,31,32)/t18-,24+,28?/m0/s1. The molecule has 0 heterocycles. The van der Waals surface area contributed by atoms with Crippen LogP contribution in [0, 0.1) is 5.92 Å². The number of hydrogen-bond donors (Lipinski definition) is 3. The van der Waals surface area contributed by atoms with Crippen molar-refractivity contribution in [2.75, 3.05) is 6.61 Å². The molecule has 0 saturated heterocycles. The minimum absolute atomic E-state index is 0.0370. The van der Waals surface area contributed by atoms with E-state index in [0.717, 1.165) is 41.5 Å². The summed E-state index contributed by atoms with van der Waals surface area (Å²) in [5, 5.41) is 15.0. The first-order valence-corrected chi connectivity index (χ1v) is 12.5. The molecule has 35 heavy (non-hydrogen) atoms. The third-order valence-corrected chi connectivity index (χ3v) is 7.39. The maximum atomic E-state index is 13.2. The number of carboxylic acids is 1. The van der Waals surface area contributed by atoms with E-state index in [4.69, 9.17) is 4.74 Å². The fourth-order valence-electron chi connectivity index (χ4n) is 5.62. The molecule has 0 spiro atoms. The summed E-state index contributed by atoms with van der Waals surface area (Å²) in [4.78, 5) is 37.3. The fourth-order valence-corrected chi connectivity index (χ4v) is 5.62. The lowest BCUT2D eigenvalue weighted by Gasteiger charge is -2.31. The van der Waals surface area contributed by atoms with Crippen molar-refractivity contribution in [2.24, 2.45) is 5.92 Å². The van der Waals surface area contributed by atoms with Crippen LogP contribution < -0.4 is 10.6 Å². The average molecular weight is 479 g/mol. The first-order valence-electron chi connectivity index (χ1n) is 12.5. The van der Waals surface area contributed by atoms with E-state index in [0.29, 0.717) is 12.8 Å². The third-order valence-electron chi connectivity index (χ3n) is 7.39. The first kappa shape index (κ1) is 24.8. The van der Waals surface area contributed by atoms with Gasteiger partial charge in [0.15, 0.2) is 0 Å². The molecule has 0 aliphatic heterocycles. The molecule has 2 aliphatic rings. The maximum absolute atomic E-state index is 13.2. The second kappa shape index (κ2) is 10.5. The highest BCUT2D eigenvalue weighted by molar-refractivity contribution is 5.90. The van der Waals surface area contributed by atoms with Crippen molar-refractivity contribution in [3.8, 4) is 11.1 Å². The number of benzene rings is 2. The summed E-state index contributed by atoms with van der Waals surface area (Å²) in [6.07, 6.45) is 2.95. The molecule has 3 atom stereocenters. The molecule has 0 aromatic heterocycles. The van der Waals surface area contributed by atoms with Crippen LogP contribution in [-0.4, -0.2) is 41.3 Å². The minimum atomic E-state index is -1.15. The Morgan fingerprint density at radius 3 is 2.26 bits per heavy atom. The third kappa shape index (κ3) is 5.34. The Hall–Kier alpha value is -3.35. The maximum Gasteiger partial charge on any atom is 0.408 e. The van der Waals surface area contributed by atoms with Gasteiger partial charge in [-0.1, -0.05) is 68.3 Å². The summed E-state index contributed by atoms with van der Waals surface area (Å²) < 4.78 is 5.67. The zero-order valence-electron chi connectivity index (χ0n) is 20.4. The summed E-state index contributed by atoms with van der Waals surface area (Å²) in [7, 11) is 0. The highest BCUT2D eigenvalue weighted by atomic mass is 16.5. The number of hydrogen-bond acceptors (Lipinski definition) is 4. The second-order valence-electron chi connectivity index (χ2n) is 9.90. The molecule has 1 unspecified atom stereocenters. The van der Waals surface area contributed by atoms with E-state index in [1.54, 1.807) is 6.92 Å². The summed E-state index contributed by atoms with van der Waals surface area (Å²) in [6.45, 7) is 3.83. The van der Waals surface area contributed by atoms with Crippen molar-refractivity contribution in [3.05, 3.63) is 59.7 Å². The van der Waals surface area contributed by atoms with Gasteiger partial charge in [-0.2, -0.15) is 0 Å². The quantitative estimate of drug-likeness (QED) is 0.478. The predicted molar refractivity (Wildman–Crippen MR) is 133 cm³/mol. The molecule has 2 aromatic rings. The van der Waals surface area contributed by atoms with Crippen LogP contribution in [-0.2, 0) is 14.3 Å². The lowest BCUT2D eigenvalue weighted by molar-refractivity contribution is -0.138. The smallest absolute Gasteiger partial charge is 0.408 e. The molecule has 4 rings (SSSR count). The van der Waals surface area contributed by atoms with E-state index in [1.807, 2.05) is 31.2 Å². The van der Waals surface area contributed by atoms with E-state index >= 15 is 0 Å². The van der Waals surface area contributed by atoms with Crippen LogP contribution >= 0.6 is 0 Å². The van der Waals surface area contributed by atoms with Gasteiger partial charge in [-0.3, -0.25) is 9.59 Å². The molecule has 186 valence electrons. The number of carboxylic acid groups (broad SMARTS) is 1. The van der Waals surface area contributed by atoms with Crippen LogP contribution in [0.5, 0.6) is 0 Å². The van der Waals surface area contributed by atoms with Gasteiger partial charge in [0.2, 0.25) is 5.91 Å². The lowest BCUT2D eigenvalue weighted by Crippen LogP contribution is -2.59. The fraction of sp³-hybridized carbons (Fsp3) is 0.464. The number of rotatable bonds is 9. The van der Waals surface area contributed by atoms with Crippen LogP contribution in [0.2, 0.25) is 0 Å². The monoisotopic (exact) mass is 478 g/mol. The van der Waals surface area contributed by atoms with Gasteiger partial charge in [0.25, 0.3) is 0 Å². The van der Waals surface area contributed by atoms with E-state index in [1.165, 1.54) is 0 Å². The lowest BCUT2D eigenvalue weighted by atomic mass is 9.93. The van der Waals surface area contributed by atoms with Gasteiger partial charge in [-0.15, -0.1) is 0 Å².